The number of hydrogen-bond donors (Lipinski definition) is 1. The predicted molar refractivity (Wildman–Crippen MR) is 69.4 cm³/mol. The molecule has 88 valence electrons. The molecule has 1 atom stereocenters. The quantitative estimate of drug-likeness (QED) is 0.749. The molecule has 1 heteroatoms. The van der Waals surface area contributed by atoms with Gasteiger partial charge in [0.1, 0.15) is 0 Å². The topological polar surface area (TPSA) is 20.2 Å². The molecule has 1 aromatic carbocycles. The van der Waals surface area contributed by atoms with E-state index < -0.39 is 0 Å². The SMILES string of the molecule is C/C(=C/[C@H](O)C(C)C)CCc1ccccc1. The highest BCUT2D eigenvalue weighted by atomic mass is 16.3. The molecule has 0 aliphatic carbocycles. The Morgan fingerprint density at radius 2 is 1.88 bits per heavy atom. The van der Waals surface area contributed by atoms with E-state index >= 15 is 0 Å². The fourth-order valence-electron chi connectivity index (χ4n) is 1.55. The first-order chi connectivity index (χ1) is 7.59. The van der Waals surface area contributed by atoms with E-state index in [0.717, 1.165) is 12.8 Å². The van der Waals surface area contributed by atoms with Gasteiger partial charge in [0.25, 0.3) is 0 Å². The van der Waals surface area contributed by atoms with Crippen molar-refractivity contribution in [2.75, 3.05) is 0 Å². The van der Waals surface area contributed by atoms with Gasteiger partial charge >= 0.3 is 0 Å². The van der Waals surface area contributed by atoms with Crippen molar-refractivity contribution in [3.63, 3.8) is 0 Å². The molecule has 0 amide bonds. The van der Waals surface area contributed by atoms with Crippen molar-refractivity contribution in [2.45, 2.75) is 39.7 Å². The summed E-state index contributed by atoms with van der Waals surface area (Å²) in [6.45, 7) is 6.16. The Morgan fingerprint density at radius 3 is 2.44 bits per heavy atom. The molecule has 16 heavy (non-hydrogen) atoms. The van der Waals surface area contributed by atoms with E-state index in [1.807, 2.05) is 26.0 Å². The van der Waals surface area contributed by atoms with E-state index in [2.05, 4.69) is 31.2 Å². The Morgan fingerprint density at radius 1 is 1.25 bits per heavy atom. The van der Waals surface area contributed by atoms with E-state index in [0.29, 0.717) is 5.92 Å². The molecule has 0 saturated heterocycles. The molecule has 0 bridgehead atoms. The summed E-state index contributed by atoms with van der Waals surface area (Å²) in [7, 11) is 0. The van der Waals surface area contributed by atoms with Crippen molar-refractivity contribution in [3.8, 4) is 0 Å². The van der Waals surface area contributed by atoms with Crippen LogP contribution >= 0.6 is 0 Å². The van der Waals surface area contributed by atoms with Gasteiger partial charge in [0.15, 0.2) is 0 Å². The van der Waals surface area contributed by atoms with E-state index in [-0.39, 0.29) is 6.10 Å². The van der Waals surface area contributed by atoms with Crippen LogP contribution in [0, 0.1) is 5.92 Å². The summed E-state index contributed by atoms with van der Waals surface area (Å²) in [4.78, 5) is 0. The zero-order valence-corrected chi connectivity index (χ0v) is 10.5. The molecule has 0 aliphatic rings. The molecule has 1 aromatic rings. The maximum absolute atomic E-state index is 9.72. The lowest BCUT2D eigenvalue weighted by Crippen LogP contribution is -2.11. The van der Waals surface area contributed by atoms with Gasteiger partial charge in [0, 0.05) is 0 Å². The highest BCUT2D eigenvalue weighted by Crippen LogP contribution is 2.12. The number of aliphatic hydroxyl groups is 1. The summed E-state index contributed by atoms with van der Waals surface area (Å²) in [5.74, 6) is 0.298. The maximum Gasteiger partial charge on any atom is 0.0746 e. The van der Waals surface area contributed by atoms with Gasteiger partial charge in [-0.15, -0.1) is 0 Å². The van der Waals surface area contributed by atoms with Crippen molar-refractivity contribution in [3.05, 3.63) is 47.5 Å². The van der Waals surface area contributed by atoms with Gasteiger partial charge in [-0.25, -0.2) is 0 Å². The van der Waals surface area contributed by atoms with Gasteiger partial charge in [0.2, 0.25) is 0 Å². The number of benzene rings is 1. The van der Waals surface area contributed by atoms with Crippen molar-refractivity contribution in [1.29, 1.82) is 0 Å². The minimum atomic E-state index is -0.309. The Bertz CT molecular complexity index is 325. The molecule has 0 aliphatic heterocycles. The number of aryl methyl sites for hydroxylation is 1. The summed E-state index contributed by atoms with van der Waals surface area (Å²) in [6.07, 6.45) is 3.74. The van der Waals surface area contributed by atoms with E-state index in [1.54, 1.807) is 0 Å². The average molecular weight is 218 g/mol. The third-order valence-electron chi connectivity index (χ3n) is 2.79. The standard InChI is InChI=1S/C15H22O/c1-12(2)15(16)11-13(3)9-10-14-7-5-4-6-8-14/h4-8,11-12,15-16H,9-10H2,1-3H3/b13-11-/t15-/m0/s1. The highest BCUT2D eigenvalue weighted by molar-refractivity contribution is 5.16. The fraction of sp³-hybridized carbons (Fsp3) is 0.467. The van der Waals surface area contributed by atoms with Crippen LogP contribution in [0.3, 0.4) is 0 Å². The first-order valence-corrected chi connectivity index (χ1v) is 5.99. The maximum atomic E-state index is 9.72. The second-order valence-corrected chi connectivity index (χ2v) is 4.73. The van der Waals surface area contributed by atoms with Crippen LogP contribution in [0.15, 0.2) is 42.0 Å². The van der Waals surface area contributed by atoms with Crippen LogP contribution in [-0.2, 0) is 6.42 Å². The molecule has 0 radical (unpaired) electrons. The normalized spacial score (nSPS) is 14.2. The van der Waals surface area contributed by atoms with Crippen molar-refractivity contribution in [1.82, 2.24) is 0 Å². The largest absolute Gasteiger partial charge is 0.389 e. The van der Waals surface area contributed by atoms with Crippen LogP contribution in [0.5, 0.6) is 0 Å². The van der Waals surface area contributed by atoms with Crippen molar-refractivity contribution < 1.29 is 5.11 Å². The Balaban J connectivity index is 2.44. The average Bonchev–Trinajstić information content (AvgIpc) is 2.27. The monoisotopic (exact) mass is 218 g/mol. The summed E-state index contributed by atoms with van der Waals surface area (Å²) >= 11 is 0. The van der Waals surface area contributed by atoms with Crippen molar-refractivity contribution >= 4 is 0 Å². The molecule has 0 fully saturated rings. The first-order valence-electron chi connectivity index (χ1n) is 5.99. The smallest absolute Gasteiger partial charge is 0.0746 e. The van der Waals surface area contributed by atoms with Crippen molar-refractivity contribution in [2.24, 2.45) is 5.92 Å². The van der Waals surface area contributed by atoms with Crippen LogP contribution in [0.4, 0.5) is 0 Å². The molecule has 0 aromatic heterocycles. The van der Waals surface area contributed by atoms with Gasteiger partial charge < -0.3 is 5.11 Å². The van der Waals surface area contributed by atoms with Gasteiger partial charge in [-0.2, -0.15) is 0 Å². The second kappa shape index (κ2) is 6.49. The third-order valence-corrected chi connectivity index (χ3v) is 2.79. The van der Waals surface area contributed by atoms with Crippen LogP contribution in [0.2, 0.25) is 0 Å². The summed E-state index contributed by atoms with van der Waals surface area (Å²) in [6, 6.07) is 10.5. The number of rotatable bonds is 5. The van der Waals surface area contributed by atoms with E-state index in [9.17, 15) is 5.11 Å². The van der Waals surface area contributed by atoms with Gasteiger partial charge in [-0.1, -0.05) is 55.8 Å². The second-order valence-electron chi connectivity index (χ2n) is 4.73. The lowest BCUT2D eigenvalue weighted by molar-refractivity contribution is 0.171. The number of allylic oxidation sites excluding steroid dienone is 1. The molecule has 0 saturated carbocycles. The van der Waals surface area contributed by atoms with E-state index in [4.69, 9.17) is 0 Å². The van der Waals surface area contributed by atoms with E-state index in [1.165, 1.54) is 11.1 Å². The minimum Gasteiger partial charge on any atom is -0.389 e. The third kappa shape index (κ3) is 4.63. The Kier molecular flexibility index (Phi) is 5.27. The zero-order chi connectivity index (χ0) is 12.0. The Labute approximate surface area is 98.8 Å². The predicted octanol–water partition coefficient (Wildman–Crippen LogP) is 3.58. The highest BCUT2D eigenvalue weighted by Gasteiger charge is 2.05. The minimum absolute atomic E-state index is 0.298. The molecule has 0 spiro atoms. The summed E-state index contributed by atoms with van der Waals surface area (Å²) in [5, 5.41) is 9.72. The van der Waals surface area contributed by atoms with Gasteiger partial charge in [-0.3, -0.25) is 0 Å². The molecule has 1 nitrogen and oxygen atoms in total. The molecule has 0 heterocycles. The first kappa shape index (κ1) is 13.0. The molecule has 1 N–H and O–H groups in total. The van der Waals surface area contributed by atoms with Crippen LogP contribution in [-0.4, -0.2) is 11.2 Å². The lowest BCUT2D eigenvalue weighted by Gasteiger charge is -2.11. The zero-order valence-electron chi connectivity index (χ0n) is 10.5. The Hall–Kier alpha value is -1.08. The fourth-order valence-corrected chi connectivity index (χ4v) is 1.55. The van der Waals surface area contributed by atoms with Crippen LogP contribution < -0.4 is 0 Å². The van der Waals surface area contributed by atoms with Crippen LogP contribution in [0.25, 0.3) is 0 Å². The van der Waals surface area contributed by atoms with Gasteiger partial charge in [0.05, 0.1) is 6.10 Å². The number of aliphatic hydroxyl groups excluding tert-OH is 1. The molecule has 1 rings (SSSR count). The van der Waals surface area contributed by atoms with Gasteiger partial charge in [-0.05, 0) is 31.2 Å². The molecular weight excluding hydrogens is 196 g/mol. The number of hydrogen-bond acceptors (Lipinski definition) is 1. The lowest BCUT2D eigenvalue weighted by atomic mass is 10.0. The summed E-state index contributed by atoms with van der Waals surface area (Å²) in [5.41, 5.74) is 2.62. The summed E-state index contributed by atoms with van der Waals surface area (Å²) < 4.78 is 0. The molecular formula is C15H22O. The molecule has 0 unspecified atom stereocenters. The van der Waals surface area contributed by atoms with Crippen LogP contribution in [0.1, 0.15) is 32.8 Å².